The van der Waals surface area contributed by atoms with Crippen molar-refractivity contribution in [2.75, 3.05) is 14.1 Å². The zero-order chi connectivity index (χ0) is 15.6. The lowest BCUT2D eigenvalue weighted by molar-refractivity contribution is 0.0535. The number of hydrogen-bond acceptors (Lipinski definition) is 3. The van der Waals surface area contributed by atoms with E-state index in [4.69, 9.17) is 5.84 Å². The summed E-state index contributed by atoms with van der Waals surface area (Å²) in [4.78, 5) is 2.05. The van der Waals surface area contributed by atoms with Crippen LogP contribution in [0.1, 0.15) is 43.7 Å². The maximum absolute atomic E-state index is 14.5. The lowest BCUT2D eigenvalue weighted by atomic mass is 9.73. The molecule has 0 spiro atoms. The van der Waals surface area contributed by atoms with E-state index in [9.17, 15) is 8.78 Å². The van der Waals surface area contributed by atoms with Gasteiger partial charge in [0.2, 0.25) is 0 Å². The highest BCUT2D eigenvalue weighted by molar-refractivity contribution is 9.10. The van der Waals surface area contributed by atoms with Gasteiger partial charge in [0.05, 0.1) is 10.5 Å². The van der Waals surface area contributed by atoms with E-state index in [1.165, 1.54) is 12.1 Å². The smallest absolute Gasteiger partial charge is 0.145 e. The summed E-state index contributed by atoms with van der Waals surface area (Å²) in [7, 11) is 3.90. The summed E-state index contributed by atoms with van der Waals surface area (Å²) in [5.41, 5.74) is 2.31. The van der Waals surface area contributed by atoms with Gasteiger partial charge in [-0.25, -0.2) is 8.78 Å². The van der Waals surface area contributed by atoms with E-state index >= 15 is 0 Å². The standard InChI is InChI=1S/C15H22BrF2N3/c1-21(2)15(8-4-3-5-9-15)14(20-19)12-11(17)7-6-10(16)13(12)18/h6-7,14,20H,3-5,8-9,19H2,1-2H3. The third-order valence-electron chi connectivity index (χ3n) is 4.68. The molecule has 1 aliphatic rings. The molecule has 2 rings (SSSR count). The molecule has 1 saturated carbocycles. The van der Waals surface area contributed by atoms with Crippen molar-refractivity contribution in [3.05, 3.63) is 33.8 Å². The molecular formula is C15H22BrF2N3. The van der Waals surface area contributed by atoms with Gasteiger partial charge in [-0.2, -0.15) is 0 Å². The fraction of sp³-hybridized carbons (Fsp3) is 0.600. The largest absolute Gasteiger partial charge is 0.302 e. The van der Waals surface area contributed by atoms with E-state index in [0.29, 0.717) is 0 Å². The zero-order valence-electron chi connectivity index (χ0n) is 12.4. The maximum atomic E-state index is 14.5. The Bertz CT molecular complexity index is 502. The molecule has 21 heavy (non-hydrogen) atoms. The molecule has 1 fully saturated rings. The van der Waals surface area contributed by atoms with E-state index in [0.717, 1.165) is 32.1 Å². The van der Waals surface area contributed by atoms with Crippen molar-refractivity contribution in [3.8, 4) is 0 Å². The molecular weight excluding hydrogens is 340 g/mol. The van der Waals surface area contributed by atoms with Gasteiger partial charge in [0, 0.05) is 11.1 Å². The van der Waals surface area contributed by atoms with Crippen LogP contribution in [0.15, 0.2) is 16.6 Å². The highest BCUT2D eigenvalue weighted by Gasteiger charge is 2.44. The first-order chi connectivity index (χ1) is 9.94. The quantitative estimate of drug-likeness (QED) is 0.489. The molecule has 6 heteroatoms. The summed E-state index contributed by atoms with van der Waals surface area (Å²) >= 11 is 3.13. The van der Waals surface area contributed by atoms with Crippen LogP contribution < -0.4 is 11.3 Å². The minimum Gasteiger partial charge on any atom is -0.302 e. The molecule has 1 aromatic carbocycles. The first kappa shape index (κ1) is 16.8. The SMILES string of the molecule is CN(C)C1(C(NN)c2c(F)ccc(Br)c2F)CCCCC1. The third-order valence-corrected chi connectivity index (χ3v) is 5.29. The predicted molar refractivity (Wildman–Crippen MR) is 83.6 cm³/mol. The number of nitrogens with one attached hydrogen (secondary N) is 1. The van der Waals surface area contributed by atoms with Gasteiger partial charge in [-0.1, -0.05) is 19.3 Å². The number of likely N-dealkylation sites (N-methyl/N-ethyl adjacent to an activating group) is 1. The summed E-state index contributed by atoms with van der Waals surface area (Å²) in [6.07, 6.45) is 4.94. The Balaban J connectivity index is 2.54. The molecule has 118 valence electrons. The Hall–Kier alpha value is -0.560. The Morgan fingerprint density at radius 1 is 1.24 bits per heavy atom. The second-order valence-corrected chi connectivity index (χ2v) is 6.77. The van der Waals surface area contributed by atoms with E-state index in [1.807, 2.05) is 14.1 Å². The van der Waals surface area contributed by atoms with Gasteiger partial charge in [-0.05, 0) is 55.0 Å². The van der Waals surface area contributed by atoms with Crippen molar-refractivity contribution >= 4 is 15.9 Å². The summed E-state index contributed by atoms with van der Waals surface area (Å²) in [5.74, 6) is 4.58. The molecule has 1 aliphatic carbocycles. The average Bonchev–Trinajstić information content (AvgIpc) is 2.48. The van der Waals surface area contributed by atoms with Crippen LogP contribution in [0.25, 0.3) is 0 Å². The van der Waals surface area contributed by atoms with Crippen molar-refractivity contribution in [2.24, 2.45) is 5.84 Å². The highest BCUT2D eigenvalue weighted by Crippen LogP contribution is 2.43. The normalized spacial score (nSPS) is 19.8. The molecule has 0 radical (unpaired) electrons. The number of halogens is 3. The van der Waals surface area contributed by atoms with Gasteiger partial charge >= 0.3 is 0 Å². The minimum atomic E-state index is -0.592. The minimum absolute atomic E-state index is 0.0162. The van der Waals surface area contributed by atoms with Crippen molar-refractivity contribution in [1.82, 2.24) is 10.3 Å². The monoisotopic (exact) mass is 361 g/mol. The first-order valence-electron chi connectivity index (χ1n) is 7.21. The predicted octanol–water partition coefficient (Wildman–Crippen LogP) is 3.50. The molecule has 0 amide bonds. The van der Waals surface area contributed by atoms with Gasteiger partial charge < -0.3 is 4.90 Å². The second-order valence-electron chi connectivity index (χ2n) is 5.92. The van der Waals surface area contributed by atoms with Gasteiger partial charge in [-0.3, -0.25) is 11.3 Å². The summed E-state index contributed by atoms with van der Waals surface area (Å²) in [6, 6.07) is 2.06. The lowest BCUT2D eigenvalue weighted by Crippen LogP contribution is -2.56. The van der Waals surface area contributed by atoms with Crippen LogP contribution in [0.2, 0.25) is 0 Å². The fourth-order valence-electron chi connectivity index (χ4n) is 3.47. The van der Waals surface area contributed by atoms with Crippen molar-refractivity contribution < 1.29 is 8.78 Å². The topological polar surface area (TPSA) is 41.3 Å². The van der Waals surface area contributed by atoms with Crippen LogP contribution in [0.4, 0.5) is 8.78 Å². The summed E-state index contributed by atoms with van der Waals surface area (Å²) < 4.78 is 29.0. The van der Waals surface area contributed by atoms with Crippen LogP contribution in [-0.2, 0) is 0 Å². The van der Waals surface area contributed by atoms with Crippen LogP contribution in [0, 0.1) is 11.6 Å². The Morgan fingerprint density at radius 2 is 1.86 bits per heavy atom. The number of benzene rings is 1. The number of rotatable bonds is 4. The maximum Gasteiger partial charge on any atom is 0.145 e. The van der Waals surface area contributed by atoms with Crippen molar-refractivity contribution in [2.45, 2.75) is 43.7 Å². The second kappa shape index (κ2) is 6.69. The van der Waals surface area contributed by atoms with Gasteiger partial charge in [0.1, 0.15) is 11.6 Å². The summed E-state index contributed by atoms with van der Waals surface area (Å²) in [6.45, 7) is 0. The van der Waals surface area contributed by atoms with E-state index in [1.54, 1.807) is 0 Å². The molecule has 3 nitrogen and oxygen atoms in total. The van der Waals surface area contributed by atoms with Gasteiger partial charge in [-0.15, -0.1) is 0 Å². The van der Waals surface area contributed by atoms with Crippen LogP contribution in [0.5, 0.6) is 0 Å². The molecule has 0 aliphatic heterocycles. The van der Waals surface area contributed by atoms with E-state index in [-0.39, 0.29) is 15.6 Å². The van der Waals surface area contributed by atoms with Gasteiger partial charge in [0.25, 0.3) is 0 Å². The van der Waals surface area contributed by atoms with Crippen molar-refractivity contribution in [1.29, 1.82) is 0 Å². The lowest BCUT2D eigenvalue weighted by Gasteiger charge is -2.48. The summed E-state index contributed by atoms with van der Waals surface area (Å²) in [5, 5.41) is 0. The molecule has 0 aromatic heterocycles. The van der Waals surface area contributed by atoms with Crippen LogP contribution in [-0.4, -0.2) is 24.5 Å². The van der Waals surface area contributed by atoms with Gasteiger partial charge in [0.15, 0.2) is 0 Å². The van der Waals surface area contributed by atoms with Crippen LogP contribution in [0.3, 0.4) is 0 Å². The highest BCUT2D eigenvalue weighted by atomic mass is 79.9. The van der Waals surface area contributed by atoms with E-state index < -0.39 is 17.7 Å². The molecule has 1 unspecified atom stereocenters. The number of hydrogen-bond donors (Lipinski definition) is 2. The number of hydrazine groups is 1. The molecule has 0 heterocycles. The van der Waals surface area contributed by atoms with Crippen molar-refractivity contribution in [3.63, 3.8) is 0 Å². The Morgan fingerprint density at radius 3 is 2.38 bits per heavy atom. The average molecular weight is 362 g/mol. The Labute approximate surface area is 133 Å². The molecule has 3 N–H and O–H groups in total. The fourth-order valence-corrected chi connectivity index (χ4v) is 3.82. The van der Waals surface area contributed by atoms with E-state index in [2.05, 4.69) is 26.3 Å². The molecule has 1 aromatic rings. The molecule has 1 atom stereocenters. The first-order valence-corrected chi connectivity index (χ1v) is 8.00. The Kier molecular flexibility index (Phi) is 5.35. The number of nitrogens with zero attached hydrogens (tertiary/aromatic N) is 1. The third kappa shape index (κ3) is 2.99. The number of nitrogens with two attached hydrogens (primary N) is 1. The molecule has 0 saturated heterocycles. The zero-order valence-corrected chi connectivity index (χ0v) is 14.0. The van der Waals surface area contributed by atoms with Crippen LogP contribution >= 0.6 is 15.9 Å². The molecule has 0 bridgehead atoms.